The first-order valence-corrected chi connectivity index (χ1v) is 8.96. The number of halogens is 2. The predicted octanol–water partition coefficient (Wildman–Crippen LogP) is 5.58. The molecule has 0 radical (unpaired) electrons. The number of hydrogen-bond donors (Lipinski definition) is 0. The van der Waals surface area contributed by atoms with Crippen LogP contribution < -0.4 is 0 Å². The first-order chi connectivity index (χ1) is 10.0. The van der Waals surface area contributed by atoms with E-state index in [1.807, 2.05) is 12.1 Å². The molecular formula is C16H16BrClN2S. The van der Waals surface area contributed by atoms with Crippen LogP contribution in [0.5, 0.6) is 0 Å². The molecule has 0 spiro atoms. The molecule has 3 rings (SSSR count). The van der Waals surface area contributed by atoms with Gasteiger partial charge in [0.15, 0.2) is 0 Å². The highest BCUT2D eigenvalue weighted by Crippen LogP contribution is 2.32. The largest absolute Gasteiger partial charge is 0.326 e. The van der Waals surface area contributed by atoms with Crippen LogP contribution in [0.25, 0.3) is 11.0 Å². The van der Waals surface area contributed by atoms with Crippen molar-refractivity contribution < 1.29 is 0 Å². The minimum atomic E-state index is 0.0466. The Morgan fingerprint density at radius 3 is 2.81 bits per heavy atom. The molecule has 0 fully saturated rings. The van der Waals surface area contributed by atoms with E-state index in [4.69, 9.17) is 11.6 Å². The first kappa shape index (κ1) is 15.1. The van der Waals surface area contributed by atoms with Crippen molar-refractivity contribution in [3.8, 4) is 0 Å². The number of aromatic nitrogens is 2. The van der Waals surface area contributed by atoms with Gasteiger partial charge in [0.2, 0.25) is 0 Å². The lowest BCUT2D eigenvalue weighted by atomic mass is 9.91. The highest BCUT2D eigenvalue weighted by molar-refractivity contribution is 9.10. The number of nitrogens with zero attached hydrogens (tertiary/aromatic N) is 2. The Balaban J connectivity index is 2.09. The summed E-state index contributed by atoms with van der Waals surface area (Å²) in [6.45, 7) is 5.39. The van der Waals surface area contributed by atoms with Gasteiger partial charge in [-0.3, -0.25) is 0 Å². The number of hydrogen-bond acceptors (Lipinski definition) is 2. The van der Waals surface area contributed by atoms with Crippen LogP contribution in [0, 0.1) is 0 Å². The molecule has 0 N–H and O–H groups in total. The van der Waals surface area contributed by atoms with E-state index in [1.165, 1.54) is 4.88 Å². The highest BCUT2D eigenvalue weighted by atomic mass is 79.9. The van der Waals surface area contributed by atoms with Gasteiger partial charge in [-0.25, -0.2) is 4.98 Å². The minimum absolute atomic E-state index is 0.0466. The third kappa shape index (κ3) is 2.89. The fraction of sp³-hybridized carbons (Fsp3) is 0.312. The smallest absolute Gasteiger partial charge is 0.124 e. The SMILES string of the molecule is CC(C)(Cn1c(CCl)nc2ccc(Br)cc21)c1cccs1. The van der Waals surface area contributed by atoms with Gasteiger partial charge in [0, 0.05) is 21.3 Å². The number of fused-ring (bicyclic) bond motifs is 1. The lowest BCUT2D eigenvalue weighted by molar-refractivity contribution is 0.443. The van der Waals surface area contributed by atoms with Crippen LogP contribution in [-0.4, -0.2) is 9.55 Å². The van der Waals surface area contributed by atoms with E-state index < -0.39 is 0 Å². The van der Waals surface area contributed by atoms with Gasteiger partial charge in [0.1, 0.15) is 5.82 Å². The summed E-state index contributed by atoms with van der Waals surface area (Å²) >= 11 is 11.4. The van der Waals surface area contributed by atoms with E-state index >= 15 is 0 Å². The Labute approximate surface area is 141 Å². The second-order valence-corrected chi connectivity index (χ2v) is 7.87. The second-order valence-electron chi connectivity index (χ2n) is 5.74. The third-order valence-corrected chi connectivity index (χ3v) is 5.62. The van der Waals surface area contributed by atoms with Crippen molar-refractivity contribution >= 4 is 49.9 Å². The van der Waals surface area contributed by atoms with Gasteiger partial charge in [-0.05, 0) is 29.6 Å². The lowest BCUT2D eigenvalue weighted by Crippen LogP contribution is -2.24. The van der Waals surface area contributed by atoms with Crippen molar-refractivity contribution in [3.63, 3.8) is 0 Å². The van der Waals surface area contributed by atoms with Crippen LogP contribution in [0.3, 0.4) is 0 Å². The summed E-state index contributed by atoms with van der Waals surface area (Å²) in [6.07, 6.45) is 0. The highest BCUT2D eigenvalue weighted by Gasteiger charge is 2.25. The molecule has 3 aromatic rings. The normalized spacial score (nSPS) is 12.2. The zero-order valence-electron chi connectivity index (χ0n) is 11.9. The third-order valence-electron chi connectivity index (χ3n) is 3.65. The van der Waals surface area contributed by atoms with Crippen LogP contribution in [0.15, 0.2) is 40.2 Å². The Bertz CT molecular complexity index is 762. The molecule has 0 atom stereocenters. The van der Waals surface area contributed by atoms with Crippen molar-refractivity contribution in [1.29, 1.82) is 0 Å². The minimum Gasteiger partial charge on any atom is -0.326 e. The predicted molar refractivity (Wildman–Crippen MR) is 94.3 cm³/mol. The van der Waals surface area contributed by atoms with Gasteiger partial charge in [0.05, 0.1) is 16.9 Å². The van der Waals surface area contributed by atoms with Gasteiger partial charge in [0.25, 0.3) is 0 Å². The maximum absolute atomic E-state index is 6.10. The molecular weight excluding hydrogens is 368 g/mol. The van der Waals surface area contributed by atoms with Gasteiger partial charge in [-0.2, -0.15) is 0 Å². The number of rotatable bonds is 4. The Morgan fingerprint density at radius 2 is 2.14 bits per heavy atom. The average molecular weight is 384 g/mol. The number of thiophene rings is 1. The van der Waals surface area contributed by atoms with Crippen molar-refractivity contribution in [2.24, 2.45) is 0 Å². The molecule has 0 aliphatic carbocycles. The first-order valence-electron chi connectivity index (χ1n) is 6.76. The molecule has 5 heteroatoms. The molecule has 0 aliphatic heterocycles. The summed E-state index contributed by atoms with van der Waals surface area (Å²) in [5.74, 6) is 1.35. The fourth-order valence-electron chi connectivity index (χ4n) is 2.56. The summed E-state index contributed by atoms with van der Waals surface area (Å²) in [5.41, 5.74) is 2.17. The molecule has 110 valence electrons. The molecule has 2 heterocycles. The van der Waals surface area contributed by atoms with Crippen molar-refractivity contribution in [1.82, 2.24) is 9.55 Å². The van der Waals surface area contributed by atoms with Gasteiger partial charge >= 0.3 is 0 Å². The topological polar surface area (TPSA) is 17.8 Å². The molecule has 0 unspecified atom stereocenters. The standard InChI is InChI=1S/C16H16BrClN2S/c1-16(2,14-4-3-7-21-14)10-20-13-8-11(17)5-6-12(13)19-15(20)9-18/h3-8H,9-10H2,1-2H3. The van der Waals surface area contributed by atoms with Crippen LogP contribution in [0.4, 0.5) is 0 Å². The molecule has 0 saturated carbocycles. The molecule has 0 amide bonds. The quantitative estimate of drug-likeness (QED) is 0.538. The zero-order chi connectivity index (χ0) is 15.0. The number of alkyl halides is 1. The molecule has 1 aromatic carbocycles. The van der Waals surface area contributed by atoms with Gasteiger partial charge in [-0.1, -0.05) is 35.8 Å². The molecule has 21 heavy (non-hydrogen) atoms. The van der Waals surface area contributed by atoms with Gasteiger partial charge in [-0.15, -0.1) is 22.9 Å². The monoisotopic (exact) mass is 382 g/mol. The van der Waals surface area contributed by atoms with Crippen molar-refractivity contribution in [3.05, 3.63) is 50.9 Å². The Hall–Kier alpha value is -0.840. The van der Waals surface area contributed by atoms with E-state index in [0.717, 1.165) is 27.9 Å². The maximum Gasteiger partial charge on any atom is 0.124 e. The van der Waals surface area contributed by atoms with E-state index in [2.05, 4.69) is 62.9 Å². The molecule has 0 aliphatic rings. The van der Waals surface area contributed by atoms with Crippen LogP contribution >= 0.6 is 38.9 Å². The van der Waals surface area contributed by atoms with E-state index in [0.29, 0.717) is 5.88 Å². The molecule has 0 bridgehead atoms. The number of imidazole rings is 1. The van der Waals surface area contributed by atoms with Crippen molar-refractivity contribution in [2.45, 2.75) is 31.7 Å². The number of benzene rings is 1. The Kier molecular flexibility index (Phi) is 4.12. The summed E-state index contributed by atoms with van der Waals surface area (Å²) in [4.78, 5) is 6.03. The maximum atomic E-state index is 6.10. The van der Waals surface area contributed by atoms with E-state index in [-0.39, 0.29) is 5.41 Å². The zero-order valence-corrected chi connectivity index (χ0v) is 15.1. The van der Waals surface area contributed by atoms with Gasteiger partial charge < -0.3 is 4.57 Å². The van der Waals surface area contributed by atoms with E-state index in [9.17, 15) is 0 Å². The van der Waals surface area contributed by atoms with Crippen LogP contribution in [0.2, 0.25) is 0 Å². The van der Waals surface area contributed by atoms with Crippen molar-refractivity contribution in [2.75, 3.05) is 0 Å². The fourth-order valence-corrected chi connectivity index (χ4v) is 3.96. The molecule has 2 nitrogen and oxygen atoms in total. The summed E-state index contributed by atoms with van der Waals surface area (Å²) in [5, 5.41) is 2.13. The molecule has 2 aromatic heterocycles. The summed E-state index contributed by atoms with van der Waals surface area (Å²) in [6, 6.07) is 10.5. The summed E-state index contributed by atoms with van der Waals surface area (Å²) in [7, 11) is 0. The summed E-state index contributed by atoms with van der Waals surface area (Å²) < 4.78 is 3.30. The Morgan fingerprint density at radius 1 is 1.33 bits per heavy atom. The van der Waals surface area contributed by atoms with Crippen LogP contribution in [-0.2, 0) is 17.8 Å². The lowest BCUT2D eigenvalue weighted by Gasteiger charge is -2.25. The van der Waals surface area contributed by atoms with Crippen LogP contribution in [0.1, 0.15) is 24.5 Å². The second kappa shape index (κ2) is 5.75. The molecule has 0 saturated heterocycles. The van der Waals surface area contributed by atoms with E-state index in [1.54, 1.807) is 11.3 Å². The average Bonchev–Trinajstić information content (AvgIpc) is 3.07.